The monoisotopic (exact) mass is 383 g/mol. The third-order valence-electron chi connectivity index (χ3n) is 4.76. The molecule has 6 heteroatoms. The van der Waals surface area contributed by atoms with E-state index >= 15 is 0 Å². The molecule has 0 aliphatic carbocycles. The van der Waals surface area contributed by atoms with Crippen LogP contribution in [0.15, 0.2) is 77.2 Å². The van der Waals surface area contributed by atoms with Crippen molar-refractivity contribution < 1.29 is 13.9 Å². The number of nitrogens with zero attached hydrogens (tertiary/aromatic N) is 1. The lowest BCUT2D eigenvalue weighted by Gasteiger charge is -2.04. The van der Waals surface area contributed by atoms with Crippen molar-refractivity contribution in [3.63, 3.8) is 0 Å². The van der Waals surface area contributed by atoms with Crippen molar-refractivity contribution >= 4 is 33.6 Å². The Hall–Kier alpha value is -4.06. The first kappa shape index (κ1) is 17.1. The Labute approximate surface area is 166 Å². The number of aromatic amines is 1. The lowest BCUT2D eigenvalue weighted by molar-refractivity contribution is 0.0998. The molecule has 2 N–H and O–H groups in total. The average molecular weight is 383 g/mol. The second-order valence-corrected chi connectivity index (χ2v) is 6.62. The van der Waals surface area contributed by atoms with Crippen molar-refractivity contribution in [3.8, 4) is 17.1 Å². The van der Waals surface area contributed by atoms with Crippen molar-refractivity contribution in [1.82, 2.24) is 9.97 Å². The molecule has 0 bridgehead atoms. The molecule has 3 aromatic carbocycles. The Kier molecular flexibility index (Phi) is 4.02. The van der Waals surface area contributed by atoms with Crippen LogP contribution in [0.4, 0.5) is 5.69 Å². The molecule has 5 aromatic rings. The largest absolute Gasteiger partial charge is 0.493 e. The number of amides is 1. The number of rotatable bonds is 4. The SMILES string of the molecule is COc1cccc2cc(C(=O)Nc3ccc(-c4nc5ccccc5[nH]4)cc3)oc12. The fourth-order valence-corrected chi connectivity index (χ4v) is 3.30. The first-order valence-electron chi connectivity index (χ1n) is 9.14. The average Bonchev–Trinajstić information content (AvgIpc) is 3.38. The third-order valence-corrected chi connectivity index (χ3v) is 4.76. The van der Waals surface area contributed by atoms with Crippen molar-refractivity contribution in [3.05, 3.63) is 78.6 Å². The zero-order valence-electron chi connectivity index (χ0n) is 15.6. The van der Waals surface area contributed by atoms with Crippen LogP contribution in [0.3, 0.4) is 0 Å². The van der Waals surface area contributed by atoms with E-state index in [4.69, 9.17) is 9.15 Å². The fourth-order valence-electron chi connectivity index (χ4n) is 3.30. The molecule has 0 spiro atoms. The molecule has 0 aliphatic heterocycles. The van der Waals surface area contributed by atoms with Gasteiger partial charge in [-0.05, 0) is 48.5 Å². The predicted octanol–water partition coefficient (Wildman–Crippen LogP) is 5.24. The Morgan fingerprint density at radius 3 is 2.66 bits per heavy atom. The number of hydrogen-bond donors (Lipinski definition) is 2. The molecular formula is C23H17N3O3. The molecule has 0 fully saturated rings. The number of aromatic nitrogens is 2. The second-order valence-electron chi connectivity index (χ2n) is 6.62. The number of benzene rings is 3. The van der Waals surface area contributed by atoms with Gasteiger partial charge in [-0.3, -0.25) is 4.79 Å². The molecule has 0 unspecified atom stereocenters. The van der Waals surface area contributed by atoms with Crippen LogP contribution >= 0.6 is 0 Å². The number of imidazole rings is 1. The number of ether oxygens (including phenoxy) is 1. The maximum absolute atomic E-state index is 12.6. The molecule has 2 heterocycles. The number of hydrogen-bond acceptors (Lipinski definition) is 4. The van der Waals surface area contributed by atoms with Crippen LogP contribution in [-0.4, -0.2) is 23.0 Å². The number of para-hydroxylation sites is 3. The zero-order chi connectivity index (χ0) is 19.8. The van der Waals surface area contributed by atoms with Crippen LogP contribution in [0.5, 0.6) is 5.75 Å². The van der Waals surface area contributed by atoms with Crippen LogP contribution < -0.4 is 10.1 Å². The van der Waals surface area contributed by atoms with Gasteiger partial charge in [0.15, 0.2) is 17.1 Å². The highest BCUT2D eigenvalue weighted by Crippen LogP contribution is 2.29. The summed E-state index contributed by atoms with van der Waals surface area (Å²) in [6, 6.07) is 22.6. The van der Waals surface area contributed by atoms with Gasteiger partial charge >= 0.3 is 0 Å². The van der Waals surface area contributed by atoms with Gasteiger partial charge in [-0.15, -0.1) is 0 Å². The highest BCUT2D eigenvalue weighted by Gasteiger charge is 2.15. The third kappa shape index (κ3) is 3.10. The minimum absolute atomic E-state index is 0.228. The van der Waals surface area contributed by atoms with E-state index in [2.05, 4.69) is 15.3 Å². The molecule has 142 valence electrons. The molecule has 29 heavy (non-hydrogen) atoms. The minimum Gasteiger partial charge on any atom is -0.493 e. The molecular weight excluding hydrogens is 366 g/mol. The Morgan fingerprint density at radius 1 is 1.03 bits per heavy atom. The van der Waals surface area contributed by atoms with Crippen molar-refractivity contribution in [1.29, 1.82) is 0 Å². The molecule has 1 amide bonds. The first-order valence-corrected chi connectivity index (χ1v) is 9.14. The summed E-state index contributed by atoms with van der Waals surface area (Å²) in [6.45, 7) is 0. The molecule has 0 radical (unpaired) electrons. The predicted molar refractivity (Wildman–Crippen MR) is 112 cm³/mol. The summed E-state index contributed by atoms with van der Waals surface area (Å²) in [6.07, 6.45) is 0. The highest BCUT2D eigenvalue weighted by atomic mass is 16.5. The smallest absolute Gasteiger partial charge is 0.291 e. The molecule has 0 saturated heterocycles. The molecule has 5 rings (SSSR count). The van der Waals surface area contributed by atoms with Gasteiger partial charge in [-0.2, -0.15) is 0 Å². The van der Waals surface area contributed by atoms with E-state index in [0.717, 1.165) is 27.8 Å². The van der Waals surface area contributed by atoms with E-state index < -0.39 is 0 Å². The van der Waals surface area contributed by atoms with E-state index in [1.165, 1.54) is 0 Å². The lowest BCUT2D eigenvalue weighted by atomic mass is 10.2. The maximum atomic E-state index is 12.6. The zero-order valence-corrected chi connectivity index (χ0v) is 15.6. The Balaban J connectivity index is 1.37. The molecule has 0 saturated carbocycles. The fraction of sp³-hybridized carbons (Fsp3) is 0.0435. The van der Waals surface area contributed by atoms with Crippen molar-refractivity contribution in [2.75, 3.05) is 12.4 Å². The van der Waals surface area contributed by atoms with E-state index in [9.17, 15) is 4.79 Å². The van der Waals surface area contributed by atoms with Gasteiger partial charge in [0, 0.05) is 16.6 Å². The van der Waals surface area contributed by atoms with Crippen molar-refractivity contribution in [2.24, 2.45) is 0 Å². The van der Waals surface area contributed by atoms with E-state index in [0.29, 0.717) is 17.0 Å². The van der Waals surface area contributed by atoms with Crippen LogP contribution in [0, 0.1) is 0 Å². The second kappa shape index (κ2) is 6.83. The summed E-state index contributed by atoms with van der Waals surface area (Å²) in [5.74, 6) is 1.29. The number of furan rings is 1. The summed E-state index contributed by atoms with van der Waals surface area (Å²) < 4.78 is 11.0. The van der Waals surface area contributed by atoms with Gasteiger partial charge in [0.05, 0.1) is 18.1 Å². The van der Waals surface area contributed by atoms with Crippen LogP contribution in [-0.2, 0) is 0 Å². The van der Waals surface area contributed by atoms with Gasteiger partial charge in [0.2, 0.25) is 0 Å². The number of fused-ring (bicyclic) bond motifs is 2. The maximum Gasteiger partial charge on any atom is 0.291 e. The summed E-state index contributed by atoms with van der Waals surface area (Å²) in [5, 5.41) is 3.67. The van der Waals surface area contributed by atoms with Crippen LogP contribution in [0.2, 0.25) is 0 Å². The summed E-state index contributed by atoms with van der Waals surface area (Å²) >= 11 is 0. The highest BCUT2D eigenvalue weighted by molar-refractivity contribution is 6.05. The van der Waals surface area contributed by atoms with Gasteiger partial charge < -0.3 is 19.5 Å². The number of nitrogens with one attached hydrogen (secondary N) is 2. The number of methoxy groups -OCH3 is 1. The summed E-state index contributed by atoms with van der Waals surface area (Å²) in [4.78, 5) is 20.5. The normalized spacial score (nSPS) is 11.1. The lowest BCUT2D eigenvalue weighted by Crippen LogP contribution is -2.10. The standard InChI is InChI=1S/C23H17N3O3/c1-28-19-8-4-5-15-13-20(29-21(15)19)23(27)24-16-11-9-14(10-12-16)22-25-17-6-2-3-7-18(17)26-22/h2-13H,1H3,(H,24,27)(H,25,26). The van der Waals surface area contributed by atoms with Gasteiger partial charge in [-0.1, -0.05) is 24.3 Å². The molecule has 0 aliphatic rings. The number of carbonyl (C=O) groups is 1. The Bertz CT molecular complexity index is 1300. The quantitative estimate of drug-likeness (QED) is 0.445. The topological polar surface area (TPSA) is 80.1 Å². The molecule has 6 nitrogen and oxygen atoms in total. The summed E-state index contributed by atoms with van der Waals surface area (Å²) in [7, 11) is 1.57. The number of anilines is 1. The molecule has 2 aromatic heterocycles. The van der Waals surface area contributed by atoms with E-state index in [1.807, 2.05) is 60.7 Å². The van der Waals surface area contributed by atoms with E-state index in [1.54, 1.807) is 19.2 Å². The first-order chi connectivity index (χ1) is 14.2. The minimum atomic E-state index is -0.320. The Morgan fingerprint density at radius 2 is 1.86 bits per heavy atom. The van der Waals surface area contributed by atoms with Gasteiger partial charge in [0.1, 0.15) is 5.82 Å². The van der Waals surface area contributed by atoms with Gasteiger partial charge in [0.25, 0.3) is 5.91 Å². The van der Waals surface area contributed by atoms with Crippen LogP contribution in [0.1, 0.15) is 10.6 Å². The number of carbonyl (C=O) groups excluding carboxylic acids is 1. The number of H-pyrrole nitrogens is 1. The van der Waals surface area contributed by atoms with Crippen molar-refractivity contribution in [2.45, 2.75) is 0 Å². The van der Waals surface area contributed by atoms with E-state index in [-0.39, 0.29) is 11.7 Å². The molecule has 0 atom stereocenters. The van der Waals surface area contributed by atoms with Crippen LogP contribution in [0.25, 0.3) is 33.4 Å². The summed E-state index contributed by atoms with van der Waals surface area (Å²) in [5.41, 5.74) is 4.07. The van der Waals surface area contributed by atoms with Gasteiger partial charge in [-0.25, -0.2) is 4.98 Å².